The van der Waals surface area contributed by atoms with Gasteiger partial charge in [-0.25, -0.2) is 0 Å². The molecule has 0 spiro atoms. The van der Waals surface area contributed by atoms with E-state index in [1.807, 2.05) is 12.1 Å². The van der Waals surface area contributed by atoms with Crippen molar-refractivity contribution >= 4 is 21.8 Å². The SMILES string of the molecule is CC(NC(=O)C1CC2CCC1C2)c1cccc(Br)c1. The van der Waals surface area contributed by atoms with E-state index < -0.39 is 0 Å². The first-order valence-corrected chi connectivity index (χ1v) is 7.98. The predicted molar refractivity (Wildman–Crippen MR) is 79.6 cm³/mol. The number of hydrogen-bond donors (Lipinski definition) is 1. The standard InChI is InChI=1S/C16H20BrNO/c1-10(12-3-2-4-14(17)9-12)18-16(19)15-8-11-5-6-13(15)7-11/h2-4,9-11,13,15H,5-8H2,1H3,(H,18,19). The molecule has 1 aromatic carbocycles. The van der Waals surface area contributed by atoms with E-state index in [9.17, 15) is 4.79 Å². The van der Waals surface area contributed by atoms with Gasteiger partial charge in [-0.3, -0.25) is 4.79 Å². The normalized spacial score (nSPS) is 30.3. The summed E-state index contributed by atoms with van der Waals surface area (Å²) in [6.45, 7) is 2.06. The van der Waals surface area contributed by atoms with Crippen molar-refractivity contribution in [2.75, 3.05) is 0 Å². The molecule has 0 heterocycles. The van der Waals surface area contributed by atoms with E-state index in [4.69, 9.17) is 0 Å². The third-order valence-corrected chi connectivity index (χ3v) is 5.28. The topological polar surface area (TPSA) is 29.1 Å². The van der Waals surface area contributed by atoms with Crippen LogP contribution in [0.3, 0.4) is 0 Å². The van der Waals surface area contributed by atoms with Crippen LogP contribution in [0.4, 0.5) is 0 Å². The van der Waals surface area contributed by atoms with Gasteiger partial charge in [0.1, 0.15) is 0 Å². The van der Waals surface area contributed by atoms with Crippen LogP contribution in [-0.2, 0) is 4.79 Å². The first-order valence-electron chi connectivity index (χ1n) is 7.19. The third-order valence-electron chi connectivity index (χ3n) is 4.78. The van der Waals surface area contributed by atoms with Crippen LogP contribution in [0.1, 0.15) is 44.2 Å². The lowest BCUT2D eigenvalue weighted by atomic mass is 9.88. The Morgan fingerprint density at radius 2 is 2.21 bits per heavy atom. The quantitative estimate of drug-likeness (QED) is 0.893. The highest BCUT2D eigenvalue weighted by molar-refractivity contribution is 9.10. The maximum Gasteiger partial charge on any atom is 0.223 e. The van der Waals surface area contributed by atoms with Crippen LogP contribution in [0, 0.1) is 17.8 Å². The average molecular weight is 322 g/mol. The molecule has 0 aliphatic heterocycles. The van der Waals surface area contributed by atoms with Gasteiger partial charge in [0.05, 0.1) is 6.04 Å². The number of benzene rings is 1. The molecule has 2 aliphatic rings. The highest BCUT2D eigenvalue weighted by Crippen LogP contribution is 2.48. The van der Waals surface area contributed by atoms with Gasteiger partial charge in [0.25, 0.3) is 0 Å². The Morgan fingerprint density at radius 1 is 1.37 bits per heavy atom. The zero-order valence-electron chi connectivity index (χ0n) is 11.2. The first kappa shape index (κ1) is 13.2. The Bertz CT molecular complexity index is 487. The second-order valence-electron chi connectivity index (χ2n) is 6.07. The van der Waals surface area contributed by atoms with Gasteiger partial charge in [0.2, 0.25) is 5.91 Å². The lowest BCUT2D eigenvalue weighted by Gasteiger charge is -2.23. The van der Waals surface area contributed by atoms with Crippen molar-refractivity contribution in [3.8, 4) is 0 Å². The van der Waals surface area contributed by atoms with Crippen molar-refractivity contribution in [1.82, 2.24) is 5.32 Å². The van der Waals surface area contributed by atoms with Crippen LogP contribution in [-0.4, -0.2) is 5.91 Å². The Kier molecular flexibility index (Phi) is 3.66. The van der Waals surface area contributed by atoms with Crippen LogP contribution in [0.2, 0.25) is 0 Å². The van der Waals surface area contributed by atoms with Gasteiger partial charge in [-0.15, -0.1) is 0 Å². The summed E-state index contributed by atoms with van der Waals surface area (Å²) in [7, 11) is 0. The molecule has 4 atom stereocenters. The molecule has 2 fully saturated rings. The Hall–Kier alpha value is -0.830. The number of carbonyl (C=O) groups is 1. The molecule has 4 unspecified atom stereocenters. The Labute approximate surface area is 123 Å². The minimum atomic E-state index is 0.0872. The van der Waals surface area contributed by atoms with Gasteiger partial charge in [0.15, 0.2) is 0 Å². The van der Waals surface area contributed by atoms with Crippen LogP contribution >= 0.6 is 15.9 Å². The number of nitrogens with one attached hydrogen (secondary N) is 1. The van der Waals surface area contributed by atoms with Gasteiger partial charge in [0, 0.05) is 10.4 Å². The molecule has 3 heteroatoms. The van der Waals surface area contributed by atoms with E-state index >= 15 is 0 Å². The fourth-order valence-corrected chi connectivity index (χ4v) is 4.16. The fourth-order valence-electron chi connectivity index (χ4n) is 3.75. The number of carbonyl (C=O) groups excluding carboxylic acids is 1. The number of fused-ring (bicyclic) bond motifs is 2. The van der Waals surface area contributed by atoms with Crippen LogP contribution in [0.15, 0.2) is 28.7 Å². The van der Waals surface area contributed by atoms with Crippen molar-refractivity contribution in [3.63, 3.8) is 0 Å². The minimum absolute atomic E-state index is 0.0872. The molecule has 19 heavy (non-hydrogen) atoms. The molecule has 2 saturated carbocycles. The average Bonchev–Trinajstić information content (AvgIpc) is 3.00. The zero-order chi connectivity index (χ0) is 13.4. The van der Waals surface area contributed by atoms with Crippen LogP contribution < -0.4 is 5.32 Å². The fraction of sp³-hybridized carbons (Fsp3) is 0.562. The summed E-state index contributed by atoms with van der Waals surface area (Å²) in [5, 5.41) is 3.19. The summed E-state index contributed by atoms with van der Waals surface area (Å²) >= 11 is 3.48. The molecule has 2 bridgehead atoms. The molecule has 2 aliphatic carbocycles. The summed E-state index contributed by atoms with van der Waals surface area (Å²) < 4.78 is 1.06. The van der Waals surface area contributed by atoms with Gasteiger partial charge in [-0.05, 0) is 55.7 Å². The number of halogens is 1. The molecular formula is C16H20BrNO. The lowest BCUT2D eigenvalue weighted by molar-refractivity contribution is -0.127. The third kappa shape index (κ3) is 2.71. The second-order valence-corrected chi connectivity index (χ2v) is 6.98. The van der Waals surface area contributed by atoms with E-state index in [1.54, 1.807) is 0 Å². The van der Waals surface area contributed by atoms with Crippen molar-refractivity contribution < 1.29 is 4.79 Å². The molecule has 0 aromatic heterocycles. The monoisotopic (exact) mass is 321 g/mol. The predicted octanol–water partition coefficient (Wildman–Crippen LogP) is 4.06. The molecule has 0 radical (unpaired) electrons. The highest BCUT2D eigenvalue weighted by atomic mass is 79.9. The zero-order valence-corrected chi connectivity index (χ0v) is 12.8. The summed E-state index contributed by atoms with van der Waals surface area (Å²) in [6.07, 6.45) is 4.99. The van der Waals surface area contributed by atoms with Crippen LogP contribution in [0.5, 0.6) is 0 Å². The van der Waals surface area contributed by atoms with Crippen molar-refractivity contribution in [2.45, 2.75) is 38.6 Å². The molecule has 1 aromatic rings. The molecular weight excluding hydrogens is 302 g/mol. The number of hydrogen-bond acceptors (Lipinski definition) is 1. The Morgan fingerprint density at radius 3 is 2.84 bits per heavy atom. The second kappa shape index (κ2) is 5.28. The molecule has 102 valence electrons. The van der Waals surface area contributed by atoms with Gasteiger partial charge in [-0.1, -0.05) is 34.5 Å². The molecule has 2 nitrogen and oxygen atoms in total. The van der Waals surface area contributed by atoms with Crippen molar-refractivity contribution in [1.29, 1.82) is 0 Å². The van der Waals surface area contributed by atoms with Gasteiger partial charge < -0.3 is 5.32 Å². The van der Waals surface area contributed by atoms with E-state index in [0.717, 1.165) is 22.4 Å². The number of amides is 1. The maximum absolute atomic E-state index is 12.4. The van der Waals surface area contributed by atoms with Gasteiger partial charge in [-0.2, -0.15) is 0 Å². The molecule has 0 saturated heterocycles. The molecule has 3 rings (SSSR count). The molecule has 1 amide bonds. The van der Waals surface area contributed by atoms with E-state index in [1.165, 1.54) is 19.3 Å². The maximum atomic E-state index is 12.4. The minimum Gasteiger partial charge on any atom is -0.349 e. The molecule has 1 N–H and O–H groups in total. The van der Waals surface area contributed by atoms with Gasteiger partial charge >= 0.3 is 0 Å². The highest BCUT2D eigenvalue weighted by Gasteiger charge is 2.43. The van der Waals surface area contributed by atoms with Crippen LogP contribution in [0.25, 0.3) is 0 Å². The first-order chi connectivity index (χ1) is 9.13. The number of rotatable bonds is 3. The Balaban J connectivity index is 1.63. The lowest BCUT2D eigenvalue weighted by Crippen LogP contribution is -2.35. The summed E-state index contributed by atoms with van der Waals surface area (Å²) in [6, 6.07) is 8.25. The van der Waals surface area contributed by atoms with E-state index in [2.05, 4.69) is 40.3 Å². The summed E-state index contributed by atoms with van der Waals surface area (Å²) in [4.78, 5) is 12.4. The summed E-state index contributed by atoms with van der Waals surface area (Å²) in [5.74, 6) is 2.01. The smallest absolute Gasteiger partial charge is 0.223 e. The van der Waals surface area contributed by atoms with E-state index in [0.29, 0.717) is 5.92 Å². The van der Waals surface area contributed by atoms with Crippen molar-refractivity contribution in [2.24, 2.45) is 17.8 Å². The van der Waals surface area contributed by atoms with Crippen molar-refractivity contribution in [3.05, 3.63) is 34.3 Å². The largest absolute Gasteiger partial charge is 0.349 e. The summed E-state index contributed by atoms with van der Waals surface area (Å²) in [5.41, 5.74) is 1.16. The van der Waals surface area contributed by atoms with E-state index in [-0.39, 0.29) is 17.9 Å².